The molecule has 0 aliphatic heterocycles. The van der Waals surface area contributed by atoms with Crippen molar-refractivity contribution in [2.24, 2.45) is 17.6 Å². The Kier molecular flexibility index (Phi) is 10.0. The van der Waals surface area contributed by atoms with Gasteiger partial charge in [-0.3, -0.25) is 9.59 Å². The molecule has 3 aromatic rings. The highest BCUT2D eigenvalue weighted by molar-refractivity contribution is 5.98. The van der Waals surface area contributed by atoms with Gasteiger partial charge in [0.15, 0.2) is 0 Å². The van der Waals surface area contributed by atoms with Gasteiger partial charge in [0.25, 0.3) is 5.91 Å². The molecule has 2 aliphatic rings. The Hall–Kier alpha value is -4.12. The highest BCUT2D eigenvalue weighted by Gasteiger charge is 2.47. The SMILES string of the molecule is Cc1cc(C(=O)NCC[C@H]2CCC(=O)C3C(CCCN)=C32)c(CNCCc2cccc(F)c2)c(C)c1-c1ccccc1C#N. The van der Waals surface area contributed by atoms with Crippen LogP contribution >= 0.6 is 0 Å². The molecule has 1 saturated carbocycles. The van der Waals surface area contributed by atoms with Crippen LogP contribution in [0.1, 0.15) is 70.3 Å². The highest BCUT2D eigenvalue weighted by Crippen LogP contribution is 2.53. The van der Waals surface area contributed by atoms with Gasteiger partial charge in [0, 0.05) is 25.1 Å². The molecule has 0 aromatic heterocycles. The van der Waals surface area contributed by atoms with E-state index in [0.717, 1.165) is 59.1 Å². The average Bonchev–Trinajstić information content (AvgIpc) is 3.75. The average molecular weight is 593 g/mol. The summed E-state index contributed by atoms with van der Waals surface area (Å²) in [6.45, 7) is 6.22. The molecule has 0 spiro atoms. The van der Waals surface area contributed by atoms with Crippen LogP contribution in [0.3, 0.4) is 0 Å². The van der Waals surface area contributed by atoms with Crippen LogP contribution in [0, 0.1) is 42.8 Å². The van der Waals surface area contributed by atoms with E-state index in [1.165, 1.54) is 23.3 Å². The van der Waals surface area contributed by atoms with Crippen LogP contribution in [0.25, 0.3) is 11.1 Å². The number of amides is 1. The fraction of sp³-hybridized carbons (Fsp3) is 0.378. The lowest BCUT2D eigenvalue weighted by molar-refractivity contribution is -0.121. The Morgan fingerprint density at radius 3 is 2.68 bits per heavy atom. The van der Waals surface area contributed by atoms with Crippen molar-refractivity contribution in [1.82, 2.24) is 10.6 Å². The molecule has 0 bridgehead atoms. The predicted molar refractivity (Wildman–Crippen MR) is 171 cm³/mol. The van der Waals surface area contributed by atoms with Gasteiger partial charge < -0.3 is 16.4 Å². The summed E-state index contributed by atoms with van der Waals surface area (Å²) in [5.74, 6) is 0.329. The lowest BCUT2D eigenvalue weighted by Crippen LogP contribution is -2.29. The molecular weight excluding hydrogens is 551 g/mol. The van der Waals surface area contributed by atoms with E-state index in [2.05, 4.69) is 16.7 Å². The second kappa shape index (κ2) is 14.1. The molecule has 3 aromatic carbocycles. The minimum absolute atomic E-state index is 0.0372. The van der Waals surface area contributed by atoms with Crippen LogP contribution in [0.5, 0.6) is 0 Å². The van der Waals surface area contributed by atoms with Crippen molar-refractivity contribution in [2.75, 3.05) is 19.6 Å². The molecular formula is C37H41FN4O2. The smallest absolute Gasteiger partial charge is 0.251 e. The van der Waals surface area contributed by atoms with Gasteiger partial charge in [-0.05, 0) is 123 Å². The zero-order chi connectivity index (χ0) is 31.2. The van der Waals surface area contributed by atoms with Crippen LogP contribution in [0.2, 0.25) is 0 Å². The minimum atomic E-state index is -0.253. The number of aryl methyl sites for hydroxylation is 1. The monoisotopic (exact) mass is 592 g/mol. The lowest BCUT2D eigenvalue weighted by atomic mass is 9.85. The van der Waals surface area contributed by atoms with E-state index >= 15 is 0 Å². The van der Waals surface area contributed by atoms with Crippen LogP contribution in [0.15, 0.2) is 65.7 Å². The second-order valence-corrected chi connectivity index (χ2v) is 12.0. The van der Waals surface area contributed by atoms with Crippen LogP contribution in [-0.2, 0) is 17.8 Å². The van der Waals surface area contributed by atoms with E-state index in [1.807, 2.05) is 50.2 Å². The van der Waals surface area contributed by atoms with Gasteiger partial charge in [-0.2, -0.15) is 5.26 Å². The molecule has 44 heavy (non-hydrogen) atoms. The third-order valence-electron chi connectivity index (χ3n) is 9.13. The van der Waals surface area contributed by atoms with Gasteiger partial charge >= 0.3 is 0 Å². The van der Waals surface area contributed by atoms with E-state index in [0.29, 0.717) is 61.8 Å². The maximum Gasteiger partial charge on any atom is 0.251 e. The van der Waals surface area contributed by atoms with E-state index in [4.69, 9.17) is 5.73 Å². The summed E-state index contributed by atoms with van der Waals surface area (Å²) in [4.78, 5) is 26.1. The number of nitrogens with two attached hydrogens (primary N) is 1. The second-order valence-electron chi connectivity index (χ2n) is 12.0. The molecule has 4 N–H and O–H groups in total. The number of nitrogens with zero attached hydrogens (tertiary/aromatic N) is 1. The third kappa shape index (κ3) is 6.83. The Balaban J connectivity index is 1.33. The number of carbonyl (C=O) groups is 2. The van der Waals surface area contributed by atoms with Gasteiger partial charge in [-0.15, -0.1) is 0 Å². The first-order valence-electron chi connectivity index (χ1n) is 15.7. The first kappa shape index (κ1) is 31.3. The van der Waals surface area contributed by atoms with Crippen molar-refractivity contribution in [1.29, 1.82) is 5.26 Å². The Labute approximate surface area is 259 Å². The van der Waals surface area contributed by atoms with Gasteiger partial charge in [-0.1, -0.05) is 41.5 Å². The third-order valence-corrected chi connectivity index (χ3v) is 9.13. The molecule has 7 heteroatoms. The number of hydrogen-bond donors (Lipinski definition) is 3. The Morgan fingerprint density at radius 2 is 1.91 bits per heavy atom. The largest absolute Gasteiger partial charge is 0.352 e. The van der Waals surface area contributed by atoms with E-state index in [1.54, 1.807) is 6.07 Å². The van der Waals surface area contributed by atoms with Gasteiger partial charge in [0.1, 0.15) is 11.6 Å². The molecule has 5 rings (SSSR count). The molecule has 1 amide bonds. The van der Waals surface area contributed by atoms with Crippen molar-refractivity contribution in [2.45, 2.75) is 58.9 Å². The maximum atomic E-state index is 13.7. The zero-order valence-corrected chi connectivity index (χ0v) is 25.6. The number of fused-ring (bicyclic) bond motifs is 1. The molecule has 1 unspecified atom stereocenters. The fourth-order valence-corrected chi connectivity index (χ4v) is 6.91. The summed E-state index contributed by atoms with van der Waals surface area (Å²) in [7, 11) is 0. The van der Waals surface area contributed by atoms with Crippen molar-refractivity contribution < 1.29 is 14.0 Å². The standard InChI is InChI=1S/C37H41FN4O2/c1-23-19-31(37(44)42-18-15-26-12-13-33(43)36-30(35(26)36)11-6-16-39)32(22-41-17-14-25-7-5-9-28(38)20-25)24(2)34(23)29-10-4-3-8-27(29)21-40/h3-5,7-10,19-20,26,36,41H,6,11-18,22,39H2,1-2H3,(H,42,44)/t26-,36?/m1/s1. The van der Waals surface area contributed by atoms with Crippen molar-refractivity contribution in [3.05, 3.63) is 105 Å². The molecule has 6 nitrogen and oxygen atoms in total. The molecule has 2 aliphatic carbocycles. The number of benzene rings is 3. The number of halogens is 1. The number of rotatable bonds is 13. The summed E-state index contributed by atoms with van der Waals surface area (Å²) in [5, 5.41) is 16.4. The molecule has 0 radical (unpaired) electrons. The number of nitrogens with one attached hydrogen (secondary N) is 2. The number of nitriles is 1. The molecule has 2 atom stereocenters. The first-order valence-corrected chi connectivity index (χ1v) is 15.7. The summed E-state index contributed by atoms with van der Waals surface area (Å²) >= 11 is 0. The molecule has 0 saturated heterocycles. The van der Waals surface area contributed by atoms with Crippen LogP contribution in [-0.4, -0.2) is 31.3 Å². The lowest BCUT2D eigenvalue weighted by Gasteiger charge is -2.22. The predicted octanol–water partition coefficient (Wildman–Crippen LogP) is 6.08. The number of allylic oxidation sites excluding steroid dienone is 2. The Bertz CT molecular complexity index is 1640. The van der Waals surface area contributed by atoms with Crippen LogP contribution in [0.4, 0.5) is 4.39 Å². The topological polar surface area (TPSA) is 108 Å². The summed E-state index contributed by atoms with van der Waals surface area (Å²) in [6.07, 6.45) is 4.72. The maximum absolute atomic E-state index is 13.7. The number of Topliss-reactive ketones (excluding diaryl/α,β-unsaturated/α-hetero) is 1. The van der Waals surface area contributed by atoms with Gasteiger partial charge in [0.05, 0.1) is 17.6 Å². The summed E-state index contributed by atoms with van der Waals surface area (Å²) in [6, 6.07) is 18.4. The number of carbonyl (C=O) groups excluding carboxylic acids is 2. The van der Waals surface area contributed by atoms with Crippen LogP contribution < -0.4 is 16.4 Å². The van der Waals surface area contributed by atoms with Crippen molar-refractivity contribution >= 4 is 11.7 Å². The zero-order valence-electron chi connectivity index (χ0n) is 25.6. The number of hydrogen-bond acceptors (Lipinski definition) is 5. The summed E-state index contributed by atoms with van der Waals surface area (Å²) < 4.78 is 13.7. The van der Waals surface area contributed by atoms with Crippen molar-refractivity contribution in [3.63, 3.8) is 0 Å². The number of ketones is 1. The first-order chi connectivity index (χ1) is 21.3. The molecule has 0 heterocycles. The molecule has 1 fully saturated rings. The van der Waals surface area contributed by atoms with Gasteiger partial charge in [-0.25, -0.2) is 4.39 Å². The molecule has 228 valence electrons. The quantitative estimate of drug-likeness (QED) is 0.165. The minimum Gasteiger partial charge on any atom is -0.352 e. The van der Waals surface area contributed by atoms with Gasteiger partial charge in [0.2, 0.25) is 0 Å². The van der Waals surface area contributed by atoms with E-state index in [9.17, 15) is 19.2 Å². The Morgan fingerprint density at radius 1 is 1.09 bits per heavy atom. The normalized spacial score (nSPS) is 17.3. The van der Waals surface area contributed by atoms with E-state index in [-0.39, 0.29) is 17.6 Å². The fourth-order valence-electron chi connectivity index (χ4n) is 6.91. The summed E-state index contributed by atoms with van der Waals surface area (Å²) in [5.41, 5.74) is 15.0. The van der Waals surface area contributed by atoms with Crippen molar-refractivity contribution in [3.8, 4) is 17.2 Å². The van der Waals surface area contributed by atoms with E-state index < -0.39 is 0 Å². The highest BCUT2D eigenvalue weighted by atomic mass is 19.1.